The molecule has 1 aliphatic heterocycles. The molecule has 1 saturated heterocycles. The Kier molecular flexibility index (Phi) is 4.82. The van der Waals surface area contributed by atoms with E-state index in [-0.39, 0.29) is 11.9 Å². The third kappa shape index (κ3) is 3.69. The molecule has 2 aromatic carbocycles. The lowest BCUT2D eigenvalue weighted by atomic mass is 9.95. The highest BCUT2D eigenvalue weighted by Crippen LogP contribution is 2.22. The molecule has 2 heterocycles. The van der Waals surface area contributed by atoms with Crippen molar-refractivity contribution in [3.05, 3.63) is 72.1 Å². The van der Waals surface area contributed by atoms with Crippen molar-refractivity contribution < 1.29 is 9.21 Å². The second-order valence-corrected chi connectivity index (χ2v) is 6.72. The van der Waals surface area contributed by atoms with E-state index >= 15 is 0 Å². The van der Waals surface area contributed by atoms with E-state index in [0.29, 0.717) is 5.89 Å². The number of nitrogens with zero attached hydrogens (tertiary/aromatic N) is 2. The molecular formula is C22H22N2O2. The van der Waals surface area contributed by atoms with Crippen molar-refractivity contribution in [2.24, 2.45) is 0 Å². The van der Waals surface area contributed by atoms with E-state index in [9.17, 15) is 4.79 Å². The van der Waals surface area contributed by atoms with Gasteiger partial charge in [0, 0.05) is 24.7 Å². The predicted molar refractivity (Wildman–Crippen MR) is 103 cm³/mol. The Bertz CT molecular complexity index is 881. The number of piperidine rings is 1. The molecule has 1 aromatic heterocycles. The van der Waals surface area contributed by atoms with E-state index in [1.807, 2.05) is 35.2 Å². The largest absolute Gasteiger partial charge is 0.437 e. The molecule has 0 saturated carbocycles. The first-order valence-electron chi connectivity index (χ1n) is 9.18. The first-order valence-corrected chi connectivity index (χ1v) is 9.18. The molecule has 26 heavy (non-hydrogen) atoms. The Morgan fingerprint density at radius 2 is 1.92 bits per heavy atom. The molecule has 4 nitrogen and oxygen atoms in total. The average molecular weight is 346 g/mol. The lowest BCUT2D eigenvalue weighted by molar-refractivity contribution is -0.129. The molecule has 132 valence electrons. The fraction of sp³-hybridized carbons (Fsp3) is 0.273. The number of likely N-dealkylation sites (tertiary alicyclic amines) is 1. The number of carbonyl (C=O) groups is 1. The second kappa shape index (κ2) is 7.56. The Morgan fingerprint density at radius 1 is 1.12 bits per heavy atom. The molecule has 0 N–H and O–H groups in total. The fourth-order valence-corrected chi connectivity index (χ4v) is 3.59. The van der Waals surface area contributed by atoms with E-state index in [2.05, 4.69) is 29.2 Å². The summed E-state index contributed by atoms with van der Waals surface area (Å²) < 4.78 is 5.66. The Hall–Kier alpha value is -2.88. The molecule has 1 aliphatic rings. The predicted octanol–water partition coefficient (Wildman–Crippen LogP) is 4.46. The van der Waals surface area contributed by atoms with Crippen molar-refractivity contribution in [3.8, 4) is 0 Å². The van der Waals surface area contributed by atoms with Crippen molar-refractivity contribution in [2.45, 2.75) is 31.7 Å². The molecule has 3 aromatic rings. The minimum atomic E-state index is 0.0351. The van der Waals surface area contributed by atoms with Crippen molar-refractivity contribution >= 4 is 23.1 Å². The van der Waals surface area contributed by atoms with Crippen molar-refractivity contribution in [3.63, 3.8) is 0 Å². The topological polar surface area (TPSA) is 46.3 Å². The highest BCUT2D eigenvalue weighted by molar-refractivity contribution is 5.91. The maximum absolute atomic E-state index is 12.8. The molecule has 4 heteroatoms. The molecule has 1 fully saturated rings. The van der Waals surface area contributed by atoms with E-state index < -0.39 is 0 Å². The van der Waals surface area contributed by atoms with Crippen LogP contribution >= 0.6 is 0 Å². The summed E-state index contributed by atoms with van der Waals surface area (Å²) >= 11 is 0. The lowest BCUT2D eigenvalue weighted by Crippen LogP contribution is -2.44. The summed E-state index contributed by atoms with van der Waals surface area (Å²) in [6.45, 7) is 0.814. The van der Waals surface area contributed by atoms with Gasteiger partial charge in [-0.05, 0) is 43.4 Å². The van der Waals surface area contributed by atoms with Crippen molar-refractivity contribution in [1.82, 2.24) is 9.88 Å². The fourth-order valence-electron chi connectivity index (χ4n) is 3.59. The third-order valence-electron chi connectivity index (χ3n) is 4.90. The van der Waals surface area contributed by atoms with Gasteiger partial charge in [0.15, 0.2) is 5.58 Å². The normalized spacial score (nSPS) is 17.8. The smallest absolute Gasteiger partial charge is 0.247 e. The van der Waals surface area contributed by atoms with Crippen LogP contribution in [0.3, 0.4) is 0 Å². The van der Waals surface area contributed by atoms with Gasteiger partial charge < -0.3 is 9.32 Å². The number of carbonyl (C=O) groups excluding carboxylic acids is 1. The zero-order valence-corrected chi connectivity index (χ0v) is 14.7. The van der Waals surface area contributed by atoms with Crippen LogP contribution in [0.1, 0.15) is 30.7 Å². The van der Waals surface area contributed by atoms with Gasteiger partial charge in [0.25, 0.3) is 0 Å². The summed E-state index contributed by atoms with van der Waals surface area (Å²) in [5.74, 6) is 0.504. The van der Waals surface area contributed by atoms with Crippen molar-refractivity contribution in [2.75, 3.05) is 6.54 Å². The van der Waals surface area contributed by atoms with Gasteiger partial charge in [-0.1, -0.05) is 42.5 Å². The van der Waals surface area contributed by atoms with Crippen molar-refractivity contribution in [1.29, 1.82) is 0 Å². The maximum Gasteiger partial charge on any atom is 0.247 e. The van der Waals surface area contributed by atoms with Crippen LogP contribution in [0.4, 0.5) is 0 Å². The van der Waals surface area contributed by atoms with Crippen LogP contribution in [0.5, 0.6) is 0 Å². The zero-order chi connectivity index (χ0) is 17.8. The summed E-state index contributed by atoms with van der Waals surface area (Å²) in [5, 5.41) is 0. The lowest BCUT2D eigenvalue weighted by Gasteiger charge is -2.35. The first kappa shape index (κ1) is 16.6. The zero-order valence-electron chi connectivity index (χ0n) is 14.7. The van der Waals surface area contributed by atoms with Gasteiger partial charge in [0.05, 0.1) is 0 Å². The standard InChI is InChI=1S/C22H22N2O2/c25-22(14-13-21-23-19-11-4-5-12-20(19)26-21)24-15-7-6-10-18(24)16-17-8-2-1-3-9-17/h1-5,8-9,11-14,18H,6-7,10,15-16H2/b14-13-/t18-/m0/s1. The number of oxazole rings is 1. The van der Waals surface area contributed by atoms with E-state index in [4.69, 9.17) is 4.42 Å². The number of benzene rings is 2. The van der Waals surface area contributed by atoms with Gasteiger partial charge in [-0.25, -0.2) is 4.98 Å². The quantitative estimate of drug-likeness (QED) is 0.655. The summed E-state index contributed by atoms with van der Waals surface area (Å²) in [6.07, 6.45) is 7.47. The maximum atomic E-state index is 12.8. The van der Waals surface area contributed by atoms with Gasteiger partial charge >= 0.3 is 0 Å². The van der Waals surface area contributed by atoms with Gasteiger partial charge in [0.2, 0.25) is 11.8 Å². The van der Waals surface area contributed by atoms with E-state index in [0.717, 1.165) is 36.9 Å². The molecule has 1 amide bonds. The van der Waals surface area contributed by atoms with Gasteiger partial charge in [0.1, 0.15) is 5.52 Å². The number of amides is 1. The van der Waals surface area contributed by atoms with Gasteiger partial charge in [-0.2, -0.15) is 0 Å². The molecule has 0 unspecified atom stereocenters. The number of fused-ring (bicyclic) bond motifs is 1. The summed E-state index contributed by atoms with van der Waals surface area (Å²) in [4.78, 5) is 19.1. The summed E-state index contributed by atoms with van der Waals surface area (Å²) in [7, 11) is 0. The van der Waals surface area contributed by atoms with Crippen LogP contribution < -0.4 is 0 Å². The molecular weight excluding hydrogens is 324 g/mol. The molecule has 0 aliphatic carbocycles. The molecule has 0 radical (unpaired) electrons. The second-order valence-electron chi connectivity index (χ2n) is 6.72. The van der Waals surface area contributed by atoms with Crippen LogP contribution in [-0.4, -0.2) is 28.4 Å². The van der Waals surface area contributed by atoms with Crippen LogP contribution in [0.25, 0.3) is 17.2 Å². The summed E-state index contributed by atoms with van der Waals surface area (Å²) in [6, 6.07) is 18.3. The third-order valence-corrected chi connectivity index (χ3v) is 4.90. The average Bonchev–Trinajstić information content (AvgIpc) is 3.10. The van der Waals surface area contributed by atoms with Gasteiger partial charge in [-0.3, -0.25) is 4.79 Å². The monoisotopic (exact) mass is 346 g/mol. The molecule has 0 spiro atoms. The number of aromatic nitrogens is 1. The number of hydrogen-bond acceptors (Lipinski definition) is 3. The Balaban J connectivity index is 1.47. The highest BCUT2D eigenvalue weighted by Gasteiger charge is 2.25. The molecule has 0 bridgehead atoms. The number of hydrogen-bond donors (Lipinski definition) is 0. The van der Waals surface area contributed by atoms with Crippen LogP contribution in [0, 0.1) is 0 Å². The highest BCUT2D eigenvalue weighted by atomic mass is 16.3. The van der Waals surface area contributed by atoms with Crippen LogP contribution in [-0.2, 0) is 11.2 Å². The molecule has 4 rings (SSSR count). The minimum Gasteiger partial charge on any atom is -0.437 e. The van der Waals surface area contributed by atoms with Gasteiger partial charge in [-0.15, -0.1) is 0 Å². The minimum absolute atomic E-state index is 0.0351. The number of para-hydroxylation sites is 2. The SMILES string of the molecule is O=C(/C=C\c1nc2ccccc2o1)N1CCCC[C@H]1Cc1ccccc1. The Labute approximate surface area is 153 Å². The Morgan fingerprint density at radius 3 is 2.77 bits per heavy atom. The van der Waals surface area contributed by atoms with Crippen LogP contribution in [0.15, 0.2) is 65.1 Å². The van der Waals surface area contributed by atoms with E-state index in [1.54, 1.807) is 12.2 Å². The summed E-state index contributed by atoms with van der Waals surface area (Å²) in [5.41, 5.74) is 2.82. The molecule has 1 atom stereocenters. The number of rotatable bonds is 4. The van der Waals surface area contributed by atoms with Crippen LogP contribution in [0.2, 0.25) is 0 Å². The van der Waals surface area contributed by atoms with E-state index in [1.165, 1.54) is 12.0 Å². The first-order chi connectivity index (χ1) is 12.8.